The van der Waals surface area contributed by atoms with Crippen molar-refractivity contribution in [2.45, 2.75) is 95.0 Å². The van der Waals surface area contributed by atoms with E-state index < -0.39 is 56.3 Å². The Labute approximate surface area is 323 Å². The topological polar surface area (TPSA) is 157 Å². The second-order valence-corrected chi connectivity index (χ2v) is 17.9. The van der Waals surface area contributed by atoms with Crippen LogP contribution >= 0.6 is 11.6 Å². The van der Waals surface area contributed by atoms with Gasteiger partial charge in [0.25, 0.3) is 0 Å². The first-order chi connectivity index (χ1) is 25.8. The number of benzene rings is 2. The molecule has 0 bridgehead atoms. The normalized spacial score (nSPS) is 20.5. The lowest BCUT2D eigenvalue weighted by Crippen LogP contribution is -2.46. The number of aromatic nitrogens is 3. The first kappa shape index (κ1) is 40.3. The smallest absolute Gasteiger partial charge is 0.422 e. The predicted octanol–water partition coefficient (Wildman–Crippen LogP) is 7.30. The Morgan fingerprint density at radius 3 is 2.25 bits per heavy atom. The number of rotatable bonds is 18. The van der Waals surface area contributed by atoms with Crippen LogP contribution in [0.2, 0.25) is 5.02 Å². The van der Waals surface area contributed by atoms with Gasteiger partial charge in [-0.05, 0) is 67.7 Å². The van der Waals surface area contributed by atoms with Crippen LogP contribution < -0.4 is 14.8 Å². The number of carbonyl (C=O) groups is 3. The molecule has 3 fully saturated rings. The van der Waals surface area contributed by atoms with Gasteiger partial charge in [-0.1, -0.05) is 74.3 Å². The Bertz CT molecular complexity index is 2070. The molecule has 1 aromatic heterocycles. The minimum Gasteiger partial charge on any atom is -0.454 e. The lowest BCUT2D eigenvalue weighted by atomic mass is 9.77. The first-order valence-corrected chi connectivity index (χ1v) is 20.1. The first-order valence-electron chi connectivity index (χ1n) is 18.2. The number of ketones is 2. The average molecular weight is 802 g/mol. The van der Waals surface area contributed by atoms with Crippen LogP contribution in [0.1, 0.15) is 98.9 Å². The molecule has 2 atom stereocenters. The number of ether oxygens (including phenoxy) is 1. The molecule has 11 nitrogen and oxygen atoms in total. The van der Waals surface area contributed by atoms with Gasteiger partial charge in [-0.25, -0.2) is 8.42 Å². The van der Waals surface area contributed by atoms with E-state index in [0.29, 0.717) is 35.4 Å². The van der Waals surface area contributed by atoms with Crippen molar-refractivity contribution < 1.29 is 40.7 Å². The number of nitrogens with zero attached hydrogens (tertiary/aromatic N) is 3. The van der Waals surface area contributed by atoms with Crippen LogP contribution in [0, 0.1) is 16.7 Å². The zero-order chi connectivity index (χ0) is 39.8. The van der Waals surface area contributed by atoms with Crippen LogP contribution in [0.5, 0.6) is 6.01 Å². The Morgan fingerprint density at radius 2 is 1.69 bits per heavy atom. The van der Waals surface area contributed by atoms with Crippen molar-refractivity contribution in [3.05, 3.63) is 88.7 Å². The fraction of sp³-hybridized carbons (Fsp3) is 0.487. The molecule has 3 aliphatic rings. The third-order valence-electron chi connectivity index (χ3n) is 11.0. The van der Waals surface area contributed by atoms with E-state index in [9.17, 15) is 36.0 Å². The van der Waals surface area contributed by atoms with E-state index in [0.717, 1.165) is 24.8 Å². The number of hydrogen-bond acceptors (Lipinski definition) is 10. The van der Waals surface area contributed by atoms with Crippen molar-refractivity contribution in [3.63, 3.8) is 0 Å². The highest BCUT2D eigenvalue weighted by atomic mass is 35.5. The minimum absolute atomic E-state index is 0.0377. The zero-order valence-electron chi connectivity index (χ0n) is 30.5. The molecule has 294 valence electrons. The Balaban J connectivity index is 1.08. The van der Waals surface area contributed by atoms with Crippen molar-refractivity contribution in [1.29, 1.82) is 0 Å². The van der Waals surface area contributed by atoms with Gasteiger partial charge in [-0.3, -0.25) is 19.1 Å². The number of allylic oxidation sites excluding steroid dienone is 1. The largest absolute Gasteiger partial charge is 0.454 e. The summed E-state index contributed by atoms with van der Waals surface area (Å²) in [5, 5.41) is 3.22. The molecule has 3 aromatic rings. The number of alkyl halides is 3. The van der Waals surface area contributed by atoms with Gasteiger partial charge in [0.2, 0.25) is 21.9 Å². The van der Waals surface area contributed by atoms with Crippen LogP contribution in [-0.4, -0.2) is 58.9 Å². The summed E-state index contributed by atoms with van der Waals surface area (Å²) in [6.45, 7) is 5.60. The highest BCUT2D eigenvalue weighted by Gasteiger charge is 2.61. The van der Waals surface area contributed by atoms with E-state index >= 15 is 0 Å². The molecule has 0 spiro atoms. The number of amides is 1. The van der Waals surface area contributed by atoms with Gasteiger partial charge in [-0.2, -0.15) is 28.1 Å². The van der Waals surface area contributed by atoms with Crippen LogP contribution in [0.15, 0.2) is 61.2 Å². The molecule has 2 N–H and O–H groups in total. The summed E-state index contributed by atoms with van der Waals surface area (Å²) in [7, 11) is -3.82. The van der Waals surface area contributed by atoms with E-state index in [1.165, 1.54) is 0 Å². The van der Waals surface area contributed by atoms with Crippen molar-refractivity contribution >= 4 is 45.0 Å². The zero-order valence-corrected chi connectivity index (χ0v) is 32.1. The summed E-state index contributed by atoms with van der Waals surface area (Å²) in [4.78, 5) is 52.7. The van der Waals surface area contributed by atoms with Gasteiger partial charge in [-0.15, -0.1) is 6.58 Å². The number of carbonyl (C=O) groups excluding carboxylic acids is 3. The fourth-order valence-electron chi connectivity index (χ4n) is 6.75. The summed E-state index contributed by atoms with van der Waals surface area (Å²) >= 11 is 6.05. The van der Waals surface area contributed by atoms with E-state index in [2.05, 4.69) is 31.6 Å². The predicted molar refractivity (Wildman–Crippen MR) is 199 cm³/mol. The molecule has 3 aliphatic carbocycles. The van der Waals surface area contributed by atoms with Crippen molar-refractivity contribution in [3.8, 4) is 6.01 Å². The van der Waals surface area contributed by atoms with Crippen LogP contribution in [0.4, 0.5) is 19.1 Å². The summed E-state index contributed by atoms with van der Waals surface area (Å²) < 4.78 is 71.4. The molecule has 16 heteroatoms. The number of sulfonamides is 1. The number of anilines is 1. The maximum absolute atomic E-state index is 13.6. The molecule has 0 saturated heterocycles. The highest BCUT2D eigenvalue weighted by Crippen LogP contribution is 2.57. The Morgan fingerprint density at radius 1 is 1.02 bits per heavy atom. The second-order valence-electron chi connectivity index (χ2n) is 15.5. The number of hydrogen-bond donors (Lipinski definition) is 2. The van der Waals surface area contributed by atoms with E-state index in [-0.39, 0.29) is 54.9 Å². The van der Waals surface area contributed by atoms with Gasteiger partial charge in [0.05, 0.1) is 16.2 Å². The van der Waals surface area contributed by atoms with Crippen molar-refractivity contribution in [1.82, 2.24) is 19.7 Å². The summed E-state index contributed by atoms with van der Waals surface area (Å²) in [6, 6.07) is 13.4. The van der Waals surface area contributed by atoms with Crippen molar-refractivity contribution in [2.75, 3.05) is 11.9 Å². The molecule has 6 rings (SSSR count). The third-order valence-corrected chi connectivity index (χ3v) is 13.0. The molecule has 0 unspecified atom stereocenters. The number of halogens is 4. The van der Waals surface area contributed by atoms with Gasteiger partial charge in [0.15, 0.2) is 12.4 Å². The van der Waals surface area contributed by atoms with Crippen LogP contribution in [-0.2, 0) is 31.6 Å². The van der Waals surface area contributed by atoms with Gasteiger partial charge in [0.1, 0.15) is 11.6 Å². The van der Waals surface area contributed by atoms with E-state index in [1.54, 1.807) is 56.3 Å². The van der Waals surface area contributed by atoms with Crippen LogP contribution in [0.3, 0.4) is 0 Å². The third kappa shape index (κ3) is 9.54. The summed E-state index contributed by atoms with van der Waals surface area (Å²) in [6.07, 6.45) is 0.751. The molecule has 0 aliphatic heterocycles. The molecule has 3 saturated carbocycles. The summed E-state index contributed by atoms with van der Waals surface area (Å²) in [5.41, 5.74) is -0.669. The number of nitrogens with one attached hydrogen (secondary N) is 2. The molecule has 2 aromatic carbocycles. The molecule has 1 heterocycles. The number of Topliss-reactive ketones (excluding diaryl/α,β-unsaturated/α-hetero) is 2. The fourth-order valence-corrected chi connectivity index (χ4v) is 8.46. The minimum atomic E-state index is -4.60. The Kier molecular flexibility index (Phi) is 11.2. The average Bonchev–Trinajstić information content (AvgIpc) is 4.02. The molecular weight excluding hydrogens is 759 g/mol. The maximum Gasteiger partial charge on any atom is 0.422 e. The standard InChI is InChI=1S/C39H43ClF3N5O6S/c1-4-26-21-37(26,33(51)48-55(52,53)29-6-5-7-29)22-31(50)36(2,3)17-16-30(49)25-10-8-24(9-11-25)20-32-44-34(46-35(45-32)54-23-39(41,42)43)47-38(18-19-38)27-12-14-28(40)15-13-27/h4,8-15,26,29H,1,5-7,16-23H2,2-3H3,(H,48,51)(H,44,45,46,47)/t26-,37-/m1/s1. The van der Waals surface area contributed by atoms with Crippen LogP contribution in [0.25, 0.3) is 0 Å². The molecular formula is C39H43ClF3N5O6S. The molecule has 1 amide bonds. The van der Waals surface area contributed by atoms with Crippen molar-refractivity contribution in [2.24, 2.45) is 16.7 Å². The quantitative estimate of drug-likeness (QED) is 0.0989. The van der Waals surface area contributed by atoms with E-state index in [4.69, 9.17) is 16.3 Å². The van der Waals surface area contributed by atoms with E-state index in [1.807, 2.05) is 12.1 Å². The Hall–Kier alpha value is -4.37. The second kappa shape index (κ2) is 15.3. The monoisotopic (exact) mass is 801 g/mol. The lowest BCUT2D eigenvalue weighted by Gasteiger charge is -2.28. The van der Waals surface area contributed by atoms with Gasteiger partial charge >= 0.3 is 12.2 Å². The summed E-state index contributed by atoms with van der Waals surface area (Å²) in [5.74, 6) is -1.25. The van der Waals surface area contributed by atoms with Gasteiger partial charge < -0.3 is 10.1 Å². The maximum atomic E-state index is 13.6. The highest BCUT2D eigenvalue weighted by molar-refractivity contribution is 7.90. The molecule has 55 heavy (non-hydrogen) atoms. The van der Waals surface area contributed by atoms with Gasteiger partial charge in [0, 0.05) is 35.3 Å². The lowest BCUT2D eigenvalue weighted by molar-refractivity contribution is -0.154. The SMILES string of the molecule is C=C[C@@H]1C[C@]1(CC(=O)C(C)(C)CCC(=O)c1ccc(Cc2nc(NC3(c4ccc(Cl)cc4)CC3)nc(OCC(F)(F)F)n2)cc1)C(=O)NS(=O)(=O)C1CCC1. The molecule has 0 radical (unpaired) electrons.